The van der Waals surface area contributed by atoms with E-state index in [0.29, 0.717) is 40.1 Å². The van der Waals surface area contributed by atoms with Gasteiger partial charge in [0.25, 0.3) is 0 Å². The minimum absolute atomic E-state index is 0.0810. The molecule has 10 nitrogen and oxygen atoms in total. The number of carboxylic acid groups (broad SMARTS) is 1. The largest absolute Gasteiger partial charge is 0.480 e. The van der Waals surface area contributed by atoms with Crippen molar-refractivity contribution in [1.29, 1.82) is 0 Å². The van der Waals surface area contributed by atoms with Crippen molar-refractivity contribution >= 4 is 62.8 Å². The number of rotatable bonds is 19. The van der Waals surface area contributed by atoms with Gasteiger partial charge in [-0.1, -0.05) is 70.4 Å². The molecule has 2 amide bonds. The fourth-order valence-corrected chi connectivity index (χ4v) is 6.68. The van der Waals surface area contributed by atoms with Crippen molar-refractivity contribution < 1.29 is 29.4 Å². The zero-order valence-corrected chi connectivity index (χ0v) is 27.3. The van der Waals surface area contributed by atoms with Crippen molar-refractivity contribution in [3.05, 3.63) is 28.2 Å². The molecule has 0 unspecified atom stereocenters. The van der Waals surface area contributed by atoms with Crippen LogP contribution in [0.2, 0.25) is 0 Å². The van der Waals surface area contributed by atoms with Crippen LogP contribution in [-0.2, 0) is 25.7 Å². The van der Waals surface area contributed by atoms with E-state index in [4.69, 9.17) is 0 Å². The smallest absolute Gasteiger partial charge is 0.326 e. The molecule has 2 heterocycles. The van der Waals surface area contributed by atoms with Crippen LogP contribution in [0.3, 0.4) is 0 Å². The highest BCUT2D eigenvalue weighted by Gasteiger charge is 2.41. The van der Waals surface area contributed by atoms with Gasteiger partial charge in [0, 0.05) is 23.3 Å². The third-order valence-corrected chi connectivity index (χ3v) is 9.63. The number of hydrogen-bond acceptors (Lipinski definition) is 10. The molecule has 0 saturated heterocycles. The Morgan fingerprint density at radius 3 is 2.62 bits per heavy atom. The number of hydrogen-bond donors (Lipinski definition) is 4. The molecule has 2 rings (SSSR count). The van der Waals surface area contributed by atoms with Gasteiger partial charge < -0.3 is 20.8 Å². The van der Waals surface area contributed by atoms with Gasteiger partial charge >= 0.3 is 5.97 Å². The van der Waals surface area contributed by atoms with Crippen molar-refractivity contribution in [3.8, 4) is 0 Å². The number of nitrogens with zero attached hydrogens (tertiary/aromatic N) is 2. The maximum absolute atomic E-state index is 12.8. The van der Waals surface area contributed by atoms with Gasteiger partial charge in [-0.3, -0.25) is 19.4 Å². The number of thioether (sulfide) groups is 2. The van der Waals surface area contributed by atoms with Gasteiger partial charge in [-0.2, -0.15) is 0 Å². The van der Waals surface area contributed by atoms with Crippen LogP contribution < -0.4 is 10.6 Å². The lowest BCUT2D eigenvalue weighted by molar-refractivity contribution is -0.143. The summed E-state index contributed by atoms with van der Waals surface area (Å²) in [6, 6.07) is -0.994. The number of aromatic nitrogens is 1. The predicted octanol–water partition coefficient (Wildman–Crippen LogP) is 4.55. The van der Waals surface area contributed by atoms with Crippen LogP contribution in [0.4, 0.5) is 0 Å². The second-order valence-corrected chi connectivity index (χ2v) is 13.8. The Kier molecular flexibility index (Phi) is 15.8. The average Bonchev–Trinajstić information content (AvgIpc) is 3.57. The van der Waals surface area contributed by atoms with E-state index in [2.05, 4.69) is 27.5 Å². The van der Waals surface area contributed by atoms with Gasteiger partial charge in [-0.25, -0.2) is 9.78 Å². The number of aliphatic carboxylic acids is 1. The first-order chi connectivity index (χ1) is 19.9. The molecule has 42 heavy (non-hydrogen) atoms. The van der Waals surface area contributed by atoms with Gasteiger partial charge in [0.05, 0.1) is 19.1 Å². The zero-order valence-electron chi connectivity index (χ0n) is 24.9. The highest BCUT2D eigenvalue weighted by atomic mass is 32.2. The monoisotopic (exact) mass is 640 g/mol. The van der Waals surface area contributed by atoms with Gasteiger partial charge in [-0.15, -0.1) is 23.1 Å². The topological polar surface area (TPSA) is 158 Å². The standard InChI is InChI=1S/C29H44N4O6S3/c1-5-6-7-8-9-13-24(36)40-14-11-10-12-20(34)15-22(35)30-16-23-31-21(17-41-23)26-33-29(4,18-42-26)28(39)32-25(19(2)3)27(37)38/h10,12,17,19-20,25,34H,5-9,11,13-16,18H2,1-4H3,(H,30,35)(H,32,39)(H,37,38)/b12-10+/t20-,25-,29-/m0/s1. The van der Waals surface area contributed by atoms with E-state index >= 15 is 0 Å². The first-order valence-corrected chi connectivity index (χ1v) is 17.3. The van der Waals surface area contributed by atoms with E-state index in [1.54, 1.807) is 38.3 Å². The van der Waals surface area contributed by atoms with Crippen LogP contribution in [0.5, 0.6) is 0 Å². The van der Waals surface area contributed by atoms with Crippen LogP contribution in [-0.4, -0.2) is 72.3 Å². The lowest BCUT2D eigenvalue weighted by Crippen LogP contribution is -2.52. The summed E-state index contributed by atoms with van der Waals surface area (Å²) in [7, 11) is 0. The van der Waals surface area contributed by atoms with Gasteiger partial charge in [0.2, 0.25) is 11.8 Å². The second kappa shape index (κ2) is 18.4. The molecule has 0 fully saturated rings. The van der Waals surface area contributed by atoms with E-state index in [-0.39, 0.29) is 29.9 Å². The number of unbranched alkanes of at least 4 members (excludes halogenated alkanes) is 4. The zero-order chi connectivity index (χ0) is 31.1. The molecule has 13 heteroatoms. The fraction of sp³-hybridized carbons (Fsp3) is 0.655. The third kappa shape index (κ3) is 12.6. The predicted molar refractivity (Wildman–Crippen MR) is 171 cm³/mol. The molecule has 0 aliphatic carbocycles. The molecule has 1 aromatic heterocycles. The number of carboxylic acids is 1. The molecule has 1 aliphatic heterocycles. The fourth-order valence-electron chi connectivity index (χ4n) is 3.99. The molecule has 0 spiro atoms. The second-order valence-electron chi connectivity index (χ2n) is 10.8. The Labute approximate surface area is 261 Å². The quantitative estimate of drug-likeness (QED) is 0.126. The molecule has 4 N–H and O–H groups in total. The first kappa shape index (κ1) is 36.0. The molecule has 234 valence electrons. The Hall–Kier alpha value is -2.22. The van der Waals surface area contributed by atoms with E-state index in [9.17, 15) is 29.4 Å². The maximum Gasteiger partial charge on any atom is 0.326 e. The van der Waals surface area contributed by atoms with Gasteiger partial charge in [0.15, 0.2) is 5.12 Å². The molecule has 3 atom stereocenters. The van der Waals surface area contributed by atoms with Crippen LogP contribution >= 0.6 is 34.9 Å². The molecule has 0 bridgehead atoms. The molecule has 1 aromatic rings. The summed E-state index contributed by atoms with van der Waals surface area (Å²) in [5, 5.41) is 28.1. The van der Waals surface area contributed by atoms with E-state index in [0.717, 1.165) is 12.8 Å². The number of amides is 2. The molecule has 1 aliphatic rings. The number of allylic oxidation sites excluding steroid dienone is 1. The number of aliphatic hydroxyl groups excluding tert-OH is 1. The van der Waals surface area contributed by atoms with Gasteiger partial charge in [0.1, 0.15) is 27.3 Å². The SMILES string of the molecule is CCCCCCCC(=O)SCC/C=C/[C@H](O)CC(=O)NCc1nc(C2=N[C@](C)(C(=O)N[C@H](C(=O)O)C(C)C)CS2)cs1. The summed E-state index contributed by atoms with van der Waals surface area (Å²) in [5.41, 5.74) is -0.507. The summed E-state index contributed by atoms with van der Waals surface area (Å²) in [4.78, 5) is 57.6. The first-order valence-electron chi connectivity index (χ1n) is 14.4. The lowest BCUT2D eigenvalue weighted by atomic mass is 10.0. The van der Waals surface area contributed by atoms with Crippen molar-refractivity contribution in [3.63, 3.8) is 0 Å². The Bertz CT molecular complexity index is 1120. The van der Waals surface area contributed by atoms with Crippen molar-refractivity contribution in [1.82, 2.24) is 15.6 Å². The number of carbonyl (C=O) groups excluding carboxylic acids is 3. The summed E-state index contributed by atoms with van der Waals surface area (Å²) >= 11 is 4.05. The Balaban J connectivity index is 1.72. The molecular formula is C29H44N4O6S3. The summed E-state index contributed by atoms with van der Waals surface area (Å²) in [6.07, 6.45) is 9.27. The summed E-state index contributed by atoms with van der Waals surface area (Å²) in [5.74, 6) is -1.09. The van der Waals surface area contributed by atoms with Crippen molar-refractivity contribution in [2.45, 2.75) is 103 Å². The number of aliphatic hydroxyl groups is 1. The number of aliphatic imine (C=N–C) groups is 1. The van der Waals surface area contributed by atoms with Crippen LogP contribution in [0.25, 0.3) is 0 Å². The summed E-state index contributed by atoms with van der Waals surface area (Å²) < 4.78 is 0. The minimum Gasteiger partial charge on any atom is -0.480 e. The molecule has 0 radical (unpaired) electrons. The normalized spacial score (nSPS) is 18.2. The highest BCUT2D eigenvalue weighted by molar-refractivity contribution is 8.14. The third-order valence-electron chi connectivity index (χ3n) is 6.54. The minimum atomic E-state index is -1.10. The molecular weight excluding hydrogens is 597 g/mol. The number of nitrogens with one attached hydrogen (secondary N) is 2. The highest BCUT2D eigenvalue weighted by Crippen LogP contribution is 2.32. The van der Waals surface area contributed by atoms with Crippen LogP contribution in [0.15, 0.2) is 22.5 Å². The van der Waals surface area contributed by atoms with Crippen LogP contribution in [0, 0.1) is 5.92 Å². The van der Waals surface area contributed by atoms with Crippen molar-refractivity contribution in [2.24, 2.45) is 10.9 Å². The molecule has 0 aromatic carbocycles. The van der Waals surface area contributed by atoms with Gasteiger partial charge in [-0.05, 0) is 25.7 Å². The Morgan fingerprint density at radius 2 is 1.93 bits per heavy atom. The Morgan fingerprint density at radius 1 is 1.19 bits per heavy atom. The van der Waals surface area contributed by atoms with Crippen molar-refractivity contribution in [2.75, 3.05) is 11.5 Å². The average molecular weight is 641 g/mol. The summed E-state index contributed by atoms with van der Waals surface area (Å²) in [6.45, 7) is 7.50. The van der Waals surface area contributed by atoms with E-state index in [1.807, 2.05) is 0 Å². The lowest BCUT2D eigenvalue weighted by Gasteiger charge is -2.24. The van der Waals surface area contributed by atoms with E-state index < -0.39 is 29.6 Å². The van der Waals surface area contributed by atoms with Crippen LogP contribution in [0.1, 0.15) is 89.8 Å². The molecule has 0 saturated carbocycles. The van der Waals surface area contributed by atoms with E-state index in [1.165, 1.54) is 54.1 Å². The maximum atomic E-state index is 12.8. The number of carbonyl (C=O) groups is 4. The number of thiazole rings is 1.